The van der Waals surface area contributed by atoms with Crippen LogP contribution in [0.5, 0.6) is 0 Å². The second-order valence-corrected chi connectivity index (χ2v) is 1.93. The van der Waals surface area contributed by atoms with Gasteiger partial charge in [0.1, 0.15) is 0 Å². The summed E-state index contributed by atoms with van der Waals surface area (Å²) in [6, 6.07) is 3.68. The molecule has 0 aliphatic carbocycles. The van der Waals surface area contributed by atoms with Gasteiger partial charge in [0, 0.05) is 19.0 Å². The van der Waals surface area contributed by atoms with Gasteiger partial charge in [0.15, 0.2) is 0 Å². The molecule has 1 aromatic rings. The molecule has 9 heavy (non-hydrogen) atoms. The van der Waals surface area contributed by atoms with Gasteiger partial charge in [-0.25, -0.2) is 0 Å². The maximum Gasteiger partial charge on any atom is 0.0421 e. The Balaban J connectivity index is 0.000000810. The fourth-order valence-electron chi connectivity index (χ4n) is 0.690. The van der Waals surface area contributed by atoms with Gasteiger partial charge in [-0.05, 0) is 18.6 Å². The summed E-state index contributed by atoms with van der Waals surface area (Å²) in [5, 5.41) is 0. The molecule has 2 nitrogen and oxygen atoms in total. The summed E-state index contributed by atoms with van der Waals surface area (Å²) in [4.78, 5) is 4.08. The van der Waals surface area contributed by atoms with E-state index in [0.717, 1.165) is 17.8 Å². The number of aromatic nitrogens is 1. The quantitative estimate of drug-likeness (QED) is 0.615. The standard InChI is InChI=1S/C7H10N2.H2/c1-2-7-5-6(8)3-4-9-7;/h3-5H,2H2,1H3,(H2,8,9);1H. The molecule has 0 spiro atoms. The van der Waals surface area contributed by atoms with E-state index in [2.05, 4.69) is 11.9 Å². The lowest BCUT2D eigenvalue weighted by Crippen LogP contribution is -1.89. The van der Waals surface area contributed by atoms with Crippen molar-refractivity contribution in [2.75, 3.05) is 5.73 Å². The number of aryl methyl sites for hydroxylation is 1. The van der Waals surface area contributed by atoms with Crippen molar-refractivity contribution in [2.24, 2.45) is 0 Å². The lowest BCUT2D eigenvalue weighted by Gasteiger charge is -1.94. The fourth-order valence-corrected chi connectivity index (χ4v) is 0.690. The van der Waals surface area contributed by atoms with Gasteiger partial charge in [0.2, 0.25) is 0 Å². The number of hydrogen-bond acceptors (Lipinski definition) is 2. The van der Waals surface area contributed by atoms with Crippen LogP contribution >= 0.6 is 0 Å². The van der Waals surface area contributed by atoms with Crippen LogP contribution in [-0.2, 0) is 6.42 Å². The van der Waals surface area contributed by atoms with E-state index >= 15 is 0 Å². The molecule has 1 heterocycles. The number of anilines is 1. The van der Waals surface area contributed by atoms with Crippen LogP contribution in [0.4, 0.5) is 5.69 Å². The van der Waals surface area contributed by atoms with Crippen molar-refractivity contribution in [3.63, 3.8) is 0 Å². The Morgan fingerprint density at radius 1 is 1.78 bits per heavy atom. The van der Waals surface area contributed by atoms with Crippen molar-refractivity contribution in [1.29, 1.82) is 0 Å². The highest BCUT2D eigenvalue weighted by Gasteiger charge is 1.87. The Morgan fingerprint density at radius 2 is 2.56 bits per heavy atom. The van der Waals surface area contributed by atoms with Crippen molar-refractivity contribution >= 4 is 5.69 Å². The predicted molar refractivity (Wildman–Crippen MR) is 40.1 cm³/mol. The summed E-state index contributed by atoms with van der Waals surface area (Å²) in [5.41, 5.74) is 7.34. The third-order valence-corrected chi connectivity index (χ3v) is 1.20. The second kappa shape index (κ2) is 2.49. The van der Waals surface area contributed by atoms with Gasteiger partial charge in [0.05, 0.1) is 0 Å². The summed E-state index contributed by atoms with van der Waals surface area (Å²) in [6.07, 6.45) is 2.68. The van der Waals surface area contributed by atoms with E-state index in [1.165, 1.54) is 0 Å². The van der Waals surface area contributed by atoms with Crippen molar-refractivity contribution < 1.29 is 1.43 Å². The molecule has 0 aliphatic rings. The minimum atomic E-state index is 0. The first-order valence-corrected chi connectivity index (χ1v) is 3.03. The van der Waals surface area contributed by atoms with Crippen LogP contribution in [0.2, 0.25) is 0 Å². The number of nitrogen functional groups attached to an aromatic ring is 1. The minimum absolute atomic E-state index is 0. The van der Waals surface area contributed by atoms with E-state index in [1.54, 1.807) is 12.3 Å². The van der Waals surface area contributed by atoms with Crippen LogP contribution < -0.4 is 5.73 Å². The van der Waals surface area contributed by atoms with Crippen molar-refractivity contribution in [3.8, 4) is 0 Å². The number of rotatable bonds is 1. The highest BCUT2D eigenvalue weighted by molar-refractivity contribution is 5.36. The van der Waals surface area contributed by atoms with Crippen molar-refractivity contribution in [2.45, 2.75) is 13.3 Å². The van der Waals surface area contributed by atoms with Gasteiger partial charge in [-0.2, -0.15) is 0 Å². The Morgan fingerprint density at radius 3 is 3.00 bits per heavy atom. The largest absolute Gasteiger partial charge is 0.399 e. The SMILES string of the molecule is CCc1cc(N)ccn1.[HH]. The normalized spacial score (nSPS) is 9.44. The molecule has 0 bridgehead atoms. The fraction of sp³-hybridized carbons (Fsp3) is 0.286. The highest BCUT2D eigenvalue weighted by Crippen LogP contribution is 2.01. The number of nitrogens with two attached hydrogens (primary N) is 1. The van der Waals surface area contributed by atoms with E-state index in [1.807, 2.05) is 6.07 Å². The molecule has 0 amide bonds. The Kier molecular flexibility index (Phi) is 1.68. The molecule has 50 valence electrons. The molecule has 0 unspecified atom stereocenters. The Hall–Kier alpha value is -1.05. The molecule has 0 saturated carbocycles. The van der Waals surface area contributed by atoms with Crippen LogP contribution in [0.3, 0.4) is 0 Å². The van der Waals surface area contributed by atoms with Gasteiger partial charge in [-0.15, -0.1) is 0 Å². The summed E-state index contributed by atoms with van der Waals surface area (Å²) < 4.78 is 0. The van der Waals surface area contributed by atoms with E-state index in [4.69, 9.17) is 5.73 Å². The summed E-state index contributed by atoms with van der Waals surface area (Å²) >= 11 is 0. The van der Waals surface area contributed by atoms with Gasteiger partial charge >= 0.3 is 0 Å². The first-order valence-electron chi connectivity index (χ1n) is 3.03. The first kappa shape index (κ1) is 6.08. The monoisotopic (exact) mass is 124 g/mol. The predicted octanol–water partition coefficient (Wildman–Crippen LogP) is 1.47. The number of hydrogen-bond donors (Lipinski definition) is 1. The van der Waals surface area contributed by atoms with E-state index in [9.17, 15) is 0 Å². The zero-order valence-electron chi connectivity index (χ0n) is 5.46. The van der Waals surface area contributed by atoms with Crippen LogP contribution in [0.25, 0.3) is 0 Å². The topological polar surface area (TPSA) is 38.9 Å². The number of pyridine rings is 1. The molecule has 0 fully saturated rings. The average molecular weight is 124 g/mol. The Bertz CT molecular complexity index is 201. The summed E-state index contributed by atoms with van der Waals surface area (Å²) in [7, 11) is 0. The molecule has 2 heteroatoms. The molecule has 1 aromatic heterocycles. The molecule has 0 aliphatic heterocycles. The lowest BCUT2D eigenvalue weighted by atomic mass is 10.3. The zero-order valence-corrected chi connectivity index (χ0v) is 5.46. The zero-order chi connectivity index (χ0) is 6.69. The highest BCUT2D eigenvalue weighted by atomic mass is 14.7. The van der Waals surface area contributed by atoms with Gasteiger partial charge in [-0.1, -0.05) is 6.92 Å². The van der Waals surface area contributed by atoms with Gasteiger partial charge < -0.3 is 5.73 Å². The molecule has 0 saturated heterocycles. The summed E-state index contributed by atoms with van der Waals surface area (Å²) in [6.45, 7) is 2.06. The average Bonchev–Trinajstić information content (AvgIpc) is 1.88. The van der Waals surface area contributed by atoms with E-state index < -0.39 is 0 Å². The minimum Gasteiger partial charge on any atom is -0.399 e. The van der Waals surface area contributed by atoms with Crippen LogP contribution in [0.15, 0.2) is 18.3 Å². The van der Waals surface area contributed by atoms with Crippen LogP contribution in [0, 0.1) is 0 Å². The molecular weight excluding hydrogens is 112 g/mol. The summed E-state index contributed by atoms with van der Waals surface area (Å²) in [5.74, 6) is 0. The second-order valence-electron chi connectivity index (χ2n) is 1.93. The van der Waals surface area contributed by atoms with Crippen LogP contribution in [0.1, 0.15) is 14.0 Å². The molecule has 0 radical (unpaired) electrons. The van der Waals surface area contributed by atoms with Crippen molar-refractivity contribution in [1.82, 2.24) is 4.98 Å². The van der Waals surface area contributed by atoms with Crippen LogP contribution in [-0.4, -0.2) is 4.98 Å². The number of nitrogens with zero attached hydrogens (tertiary/aromatic N) is 1. The third kappa shape index (κ3) is 1.42. The maximum absolute atomic E-state index is 5.49. The molecular formula is C7H12N2. The molecule has 2 N–H and O–H groups in total. The first-order chi connectivity index (χ1) is 4.33. The van der Waals surface area contributed by atoms with Crippen molar-refractivity contribution in [3.05, 3.63) is 24.0 Å². The maximum atomic E-state index is 5.49. The van der Waals surface area contributed by atoms with Gasteiger partial charge in [0.25, 0.3) is 0 Å². The van der Waals surface area contributed by atoms with Gasteiger partial charge in [-0.3, -0.25) is 4.98 Å². The van der Waals surface area contributed by atoms with E-state index in [0.29, 0.717) is 0 Å². The Labute approximate surface area is 56.2 Å². The molecule has 0 aromatic carbocycles. The third-order valence-electron chi connectivity index (χ3n) is 1.20. The molecule has 1 rings (SSSR count). The smallest absolute Gasteiger partial charge is 0.0421 e. The molecule has 0 atom stereocenters. The lowest BCUT2D eigenvalue weighted by molar-refractivity contribution is 1.04. The van der Waals surface area contributed by atoms with E-state index in [-0.39, 0.29) is 1.43 Å².